The first-order chi connectivity index (χ1) is 11.5. The molecule has 1 heterocycles. The van der Waals surface area contributed by atoms with Crippen molar-refractivity contribution in [3.8, 4) is 0 Å². The van der Waals surface area contributed by atoms with Crippen molar-refractivity contribution in [2.75, 3.05) is 6.54 Å². The van der Waals surface area contributed by atoms with E-state index in [0.717, 1.165) is 29.7 Å². The quantitative estimate of drug-likeness (QED) is 0.685. The maximum atomic E-state index is 12.4. The Morgan fingerprint density at radius 3 is 2.62 bits per heavy atom. The Kier molecular flexibility index (Phi) is 4.84. The van der Waals surface area contributed by atoms with Crippen molar-refractivity contribution in [2.24, 2.45) is 7.05 Å². The Morgan fingerprint density at radius 2 is 1.88 bits per heavy atom. The molecule has 2 aromatic carbocycles. The van der Waals surface area contributed by atoms with Crippen LogP contribution in [-0.2, 0) is 23.5 Å². The zero-order chi connectivity index (χ0) is 17.2. The van der Waals surface area contributed by atoms with Crippen molar-refractivity contribution in [1.29, 1.82) is 0 Å². The van der Waals surface area contributed by atoms with Crippen LogP contribution in [0.2, 0.25) is 0 Å². The average molecular weight is 362 g/mol. The third kappa shape index (κ3) is 3.58. The smallest absolute Gasteiger partial charge is 0.302 e. The zero-order valence-corrected chi connectivity index (χ0v) is 14.9. The summed E-state index contributed by atoms with van der Waals surface area (Å²) in [4.78, 5) is 11.8. The summed E-state index contributed by atoms with van der Waals surface area (Å²) in [5.74, 6) is 0. The van der Waals surface area contributed by atoms with Gasteiger partial charge in [0.15, 0.2) is 0 Å². The standard InChI is InChI=1S/C17H18N2O3S2/c1-19-15-10-9-14(12-16(15)23-17(19)20)24(21,22)18-11-5-8-13-6-3-2-4-7-13/h2-4,6-7,9-10,12,18H,5,8,11H2,1H3. The van der Waals surface area contributed by atoms with Crippen LogP contribution in [-0.4, -0.2) is 19.5 Å². The fourth-order valence-electron chi connectivity index (χ4n) is 2.51. The predicted octanol–water partition coefficient (Wildman–Crippen LogP) is 2.51. The van der Waals surface area contributed by atoms with E-state index < -0.39 is 10.0 Å². The number of benzene rings is 2. The summed E-state index contributed by atoms with van der Waals surface area (Å²) in [6, 6.07) is 14.7. The van der Waals surface area contributed by atoms with Crippen molar-refractivity contribution in [1.82, 2.24) is 9.29 Å². The molecular formula is C17H18N2O3S2. The lowest BCUT2D eigenvalue weighted by molar-refractivity contribution is 0.579. The Bertz CT molecular complexity index is 1010. The highest BCUT2D eigenvalue weighted by Gasteiger charge is 2.15. The second kappa shape index (κ2) is 6.88. The molecule has 7 heteroatoms. The molecule has 126 valence electrons. The largest absolute Gasteiger partial charge is 0.307 e. The lowest BCUT2D eigenvalue weighted by Crippen LogP contribution is -2.25. The average Bonchev–Trinajstić information content (AvgIpc) is 2.87. The molecule has 3 rings (SSSR count). The SMILES string of the molecule is Cn1c(=O)sc2cc(S(=O)(=O)NCCCc3ccccc3)ccc21. The minimum absolute atomic E-state index is 0.102. The van der Waals surface area contributed by atoms with Gasteiger partial charge in [0.2, 0.25) is 10.0 Å². The molecule has 1 aromatic heterocycles. The lowest BCUT2D eigenvalue weighted by atomic mass is 10.1. The van der Waals surface area contributed by atoms with Crippen LogP contribution in [0.4, 0.5) is 0 Å². The molecule has 1 N–H and O–H groups in total. The van der Waals surface area contributed by atoms with E-state index in [2.05, 4.69) is 4.72 Å². The highest BCUT2D eigenvalue weighted by molar-refractivity contribution is 7.89. The van der Waals surface area contributed by atoms with Crippen LogP contribution in [0.5, 0.6) is 0 Å². The van der Waals surface area contributed by atoms with E-state index in [9.17, 15) is 13.2 Å². The maximum absolute atomic E-state index is 12.4. The van der Waals surface area contributed by atoms with Crippen molar-refractivity contribution < 1.29 is 8.42 Å². The third-order valence-electron chi connectivity index (χ3n) is 3.85. The summed E-state index contributed by atoms with van der Waals surface area (Å²) in [6.45, 7) is 0.375. The van der Waals surface area contributed by atoms with E-state index >= 15 is 0 Å². The summed E-state index contributed by atoms with van der Waals surface area (Å²) in [7, 11) is -1.89. The molecule has 0 fully saturated rings. The van der Waals surface area contributed by atoms with Gasteiger partial charge in [-0.05, 0) is 36.6 Å². The van der Waals surface area contributed by atoms with Crippen LogP contribution in [0.15, 0.2) is 58.2 Å². The molecule has 0 atom stereocenters. The van der Waals surface area contributed by atoms with E-state index in [1.807, 2.05) is 30.3 Å². The van der Waals surface area contributed by atoms with Crippen molar-refractivity contribution in [3.05, 3.63) is 63.8 Å². The van der Waals surface area contributed by atoms with Crippen LogP contribution >= 0.6 is 11.3 Å². The molecule has 0 radical (unpaired) electrons. The first-order valence-electron chi connectivity index (χ1n) is 7.60. The van der Waals surface area contributed by atoms with Gasteiger partial charge >= 0.3 is 4.87 Å². The summed E-state index contributed by atoms with van der Waals surface area (Å²) >= 11 is 1.05. The summed E-state index contributed by atoms with van der Waals surface area (Å²) in [5.41, 5.74) is 1.93. The highest BCUT2D eigenvalue weighted by Crippen LogP contribution is 2.21. The third-order valence-corrected chi connectivity index (χ3v) is 6.31. The van der Waals surface area contributed by atoms with Crippen molar-refractivity contribution in [2.45, 2.75) is 17.7 Å². The fourth-order valence-corrected chi connectivity index (χ4v) is 4.60. The molecule has 0 spiro atoms. The van der Waals surface area contributed by atoms with Gasteiger partial charge in [0, 0.05) is 13.6 Å². The number of fused-ring (bicyclic) bond motifs is 1. The molecule has 5 nitrogen and oxygen atoms in total. The van der Waals surface area contributed by atoms with Crippen molar-refractivity contribution >= 4 is 31.6 Å². The van der Waals surface area contributed by atoms with Gasteiger partial charge in [0.05, 0.1) is 15.1 Å². The minimum atomic E-state index is -3.56. The number of nitrogens with zero attached hydrogens (tertiary/aromatic N) is 1. The fraction of sp³-hybridized carbons (Fsp3) is 0.235. The number of hydrogen-bond acceptors (Lipinski definition) is 4. The molecule has 3 aromatic rings. The number of nitrogens with one attached hydrogen (secondary N) is 1. The summed E-state index contributed by atoms with van der Waals surface area (Å²) < 4.78 is 29.6. The Morgan fingerprint density at radius 1 is 1.12 bits per heavy atom. The maximum Gasteiger partial charge on any atom is 0.307 e. The van der Waals surface area contributed by atoms with E-state index in [1.165, 1.54) is 16.2 Å². The molecule has 24 heavy (non-hydrogen) atoms. The van der Waals surface area contributed by atoms with Gasteiger partial charge in [0.1, 0.15) is 0 Å². The lowest BCUT2D eigenvalue weighted by Gasteiger charge is -2.07. The van der Waals surface area contributed by atoms with Gasteiger partial charge in [0.25, 0.3) is 0 Å². The van der Waals surface area contributed by atoms with Crippen LogP contribution in [0, 0.1) is 0 Å². The number of thiazole rings is 1. The second-order valence-corrected chi connectivity index (χ2v) is 8.30. The summed E-state index contributed by atoms with van der Waals surface area (Å²) in [5, 5.41) is 0. The van der Waals surface area contributed by atoms with Gasteiger partial charge in [-0.15, -0.1) is 0 Å². The highest BCUT2D eigenvalue weighted by atomic mass is 32.2. The van der Waals surface area contributed by atoms with E-state index in [4.69, 9.17) is 0 Å². The monoisotopic (exact) mass is 362 g/mol. The van der Waals surface area contributed by atoms with Crippen LogP contribution in [0.3, 0.4) is 0 Å². The molecule has 0 aliphatic carbocycles. The first-order valence-corrected chi connectivity index (χ1v) is 9.90. The van der Waals surface area contributed by atoms with E-state index in [1.54, 1.807) is 19.2 Å². The molecule has 0 saturated carbocycles. The van der Waals surface area contributed by atoms with Gasteiger partial charge in [-0.2, -0.15) is 0 Å². The van der Waals surface area contributed by atoms with Gasteiger partial charge in [-0.3, -0.25) is 4.79 Å². The Balaban J connectivity index is 1.68. The minimum Gasteiger partial charge on any atom is -0.302 e. The number of sulfonamides is 1. The molecule has 0 aliphatic rings. The van der Waals surface area contributed by atoms with Crippen LogP contribution < -0.4 is 9.60 Å². The number of aryl methyl sites for hydroxylation is 2. The molecule has 0 unspecified atom stereocenters. The molecule has 0 amide bonds. The topological polar surface area (TPSA) is 68.2 Å². The zero-order valence-electron chi connectivity index (χ0n) is 13.2. The molecule has 0 saturated heterocycles. The van der Waals surface area contributed by atoms with E-state index in [0.29, 0.717) is 11.2 Å². The Labute approximate surface area is 144 Å². The van der Waals surface area contributed by atoms with Gasteiger partial charge in [-0.25, -0.2) is 13.1 Å². The number of hydrogen-bond donors (Lipinski definition) is 1. The molecular weight excluding hydrogens is 344 g/mol. The van der Waals surface area contributed by atoms with E-state index in [-0.39, 0.29) is 9.77 Å². The summed E-state index contributed by atoms with van der Waals surface area (Å²) in [6.07, 6.45) is 1.55. The van der Waals surface area contributed by atoms with Crippen LogP contribution in [0.1, 0.15) is 12.0 Å². The second-order valence-electron chi connectivity index (χ2n) is 5.54. The van der Waals surface area contributed by atoms with Gasteiger partial charge < -0.3 is 4.57 Å². The van der Waals surface area contributed by atoms with Gasteiger partial charge in [-0.1, -0.05) is 41.7 Å². The Hall–Kier alpha value is -1.96. The predicted molar refractivity (Wildman–Crippen MR) is 97.0 cm³/mol. The van der Waals surface area contributed by atoms with Crippen LogP contribution in [0.25, 0.3) is 10.2 Å². The normalized spacial score (nSPS) is 11.9. The molecule has 0 aliphatic heterocycles. The first kappa shape index (κ1) is 16.9. The molecule has 0 bridgehead atoms. The number of aromatic nitrogens is 1. The van der Waals surface area contributed by atoms with Crippen molar-refractivity contribution in [3.63, 3.8) is 0 Å². The number of rotatable bonds is 6.